The number of carbonyl (C=O) groups excluding carboxylic acids is 1. The lowest BCUT2D eigenvalue weighted by Gasteiger charge is -2.20. The van der Waals surface area contributed by atoms with Crippen LogP contribution in [0.25, 0.3) is 0 Å². The lowest BCUT2D eigenvalue weighted by atomic mass is 10.1. The van der Waals surface area contributed by atoms with Crippen LogP contribution in [0.4, 0.5) is 11.4 Å². The Kier molecular flexibility index (Phi) is 3.72. The number of hydrogen-bond acceptors (Lipinski definition) is 4. The van der Waals surface area contributed by atoms with Crippen molar-refractivity contribution in [1.82, 2.24) is 0 Å². The standard InChI is InChI=1S/C11H14N4O/c1-15(6-2-5-12)10-7-8(13)3-4-9(10)11(14)16/h3-4,7H,2,6,13H2,1H3,(H2,14,16). The Morgan fingerprint density at radius 3 is 2.81 bits per heavy atom. The highest BCUT2D eigenvalue weighted by Gasteiger charge is 2.11. The molecule has 84 valence electrons. The Labute approximate surface area is 94.2 Å². The second kappa shape index (κ2) is 5.03. The van der Waals surface area contributed by atoms with E-state index in [0.29, 0.717) is 29.9 Å². The Balaban J connectivity index is 3.05. The summed E-state index contributed by atoms with van der Waals surface area (Å²) in [6, 6.07) is 6.94. The monoisotopic (exact) mass is 218 g/mol. The Bertz CT molecular complexity index is 436. The number of benzene rings is 1. The molecule has 0 spiro atoms. The summed E-state index contributed by atoms with van der Waals surface area (Å²) < 4.78 is 0. The minimum Gasteiger partial charge on any atom is -0.399 e. The molecule has 1 amide bonds. The van der Waals surface area contributed by atoms with Gasteiger partial charge in [0.15, 0.2) is 0 Å². The zero-order valence-electron chi connectivity index (χ0n) is 9.10. The summed E-state index contributed by atoms with van der Waals surface area (Å²) in [4.78, 5) is 13.0. The number of hydrogen-bond donors (Lipinski definition) is 2. The van der Waals surface area contributed by atoms with Crippen molar-refractivity contribution in [2.24, 2.45) is 5.73 Å². The second-order valence-corrected chi connectivity index (χ2v) is 3.47. The summed E-state index contributed by atoms with van der Waals surface area (Å²) in [6.45, 7) is 0.528. The molecule has 0 heterocycles. The molecule has 5 nitrogen and oxygen atoms in total. The fourth-order valence-electron chi connectivity index (χ4n) is 1.41. The first-order valence-electron chi connectivity index (χ1n) is 4.83. The molecule has 0 fully saturated rings. The summed E-state index contributed by atoms with van der Waals surface area (Å²) >= 11 is 0. The summed E-state index contributed by atoms with van der Waals surface area (Å²) in [7, 11) is 1.79. The molecular weight excluding hydrogens is 204 g/mol. The molecule has 4 N–H and O–H groups in total. The van der Waals surface area contributed by atoms with Crippen LogP contribution in [-0.4, -0.2) is 19.5 Å². The average Bonchev–Trinajstić information content (AvgIpc) is 2.25. The Morgan fingerprint density at radius 1 is 1.56 bits per heavy atom. The fraction of sp³-hybridized carbons (Fsp3) is 0.273. The average molecular weight is 218 g/mol. The van der Waals surface area contributed by atoms with Gasteiger partial charge in [-0.2, -0.15) is 5.26 Å². The molecule has 0 aromatic heterocycles. The zero-order chi connectivity index (χ0) is 12.1. The van der Waals surface area contributed by atoms with E-state index in [2.05, 4.69) is 0 Å². The number of nitrogens with zero attached hydrogens (tertiary/aromatic N) is 2. The van der Waals surface area contributed by atoms with Crippen LogP contribution in [0.1, 0.15) is 16.8 Å². The summed E-state index contributed by atoms with van der Waals surface area (Å²) in [6.07, 6.45) is 0.378. The summed E-state index contributed by atoms with van der Waals surface area (Å²) in [5, 5.41) is 8.50. The van der Waals surface area contributed by atoms with Gasteiger partial charge in [0.05, 0.1) is 23.7 Å². The van der Waals surface area contributed by atoms with Crippen LogP contribution in [-0.2, 0) is 0 Å². The van der Waals surface area contributed by atoms with Crippen molar-refractivity contribution in [2.75, 3.05) is 24.2 Å². The quantitative estimate of drug-likeness (QED) is 0.727. The highest BCUT2D eigenvalue weighted by molar-refractivity contribution is 5.99. The molecule has 0 aliphatic carbocycles. The SMILES string of the molecule is CN(CCC#N)c1cc(N)ccc1C(N)=O. The maximum Gasteiger partial charge on any atom is 0.250 e. The number of amides is 1. The predicted molar refractivity (Wildman–Crippen MR) is 62.9 cm³/mol. The van der Waals surface area contributed by atoms with E-state index in [1.165, 1.54) is 0 Å². The first-order valence-corrected chi connectivity index (χ1v) is 4.83. The van der Waals surface area contributed by atoms with Crippen LogP contribution in [0.3, 0.4) is 0 Å². The second-order valence-electron chi connectivity index (χ2n) is 3.47. The van der Waals surface area contributed by atoms with E-state index in [1.54, 1.807) is 30.1 Å². The molecule has 0 atom stereocenters. The van der Waals surface area contributed by atoms with Crippen molar-refractivity contribution in [3.05, 3.63) is 23.8 Å². The van der Waals surface area contributed by atoms with E-state index in [9.17, 15) is 4.79 Å². The Hall–Kier alpha value is -2.22. The summed E-state index contributed by atoms with van der Waals surface area (Å²) in [5.74, 6) is -0.501. The van der Waals surface area contributed by atoms with Gasteiger partial charge in [-0.15, -0.1) is 0 Å². The first-order chi connectivity index (χ1) is 7.56. The maximum atomic E-state index is 11.2. The number of anilines is 2. The van der Waals surface area contributed by atoms with Crippen molar-refractivity contribution in [1.29, 1.82) is 5.26 Å². The van der Waals surface area contributed by atoms with Gasteiger partial charge in [-0.05, 0) is 18.2 Å². The van der Waals surface area contributed by atoms with Gasteiger partial charge in [-0.1, -0.05) is 0 Å². The lowest BCUT2D eigenvalue weighted by molar-refractivity contribution is 0.100. The molecule has 0 bridgehead atoms. The van der Waals surface area contributed by atoms with Gasteiger partial charge in [0.2, 0.25) is 0 Å². The van der Waals surface area contributed by atoms with Crippen LogP contribution < -0.4 is 16.4 Å². The molecule has 0 radical (unpaired) electrons. The van der Waals surface area contributed by atoms with Crippen LogP contribution in [0.15, 0.2) is 18.2 Å². The van der Waals surface area contributed by atoms with Gasteiger partial charge in [0.1, 0.15) is 0 Å². The van der Waals surface area contributed by atoms with Crippen LogP contribution in [0.5, 0.6) is 0 Å². The van der Waals surface area contributed by atoms with E-state index in [1.807, 2.05) is 6.07 Å². The van der Waals surface area contributed by atoms with Gasteiger partial charge in [0, 0.05) is 19.3 Å². The highest BCUT2D eigenvalue weighted by atomic mass is 16.1. The first kappa shape index (κ1) is 11.9. The van der Waals surface area contributed by atoms with Crippen molar-refractivity contribution in [3.8, 4) is 6.07 Å². The normalized spacial score (nSPS) is 9.50. The number of rotatable bonds is 4. The molecule has 0 saturated carbocycles. The van der Waals surface area contributed by atoms with Crippen molar-refractivity contribution < 1.29 is 4.79 Å². The molecule has 0 aliphatic rings. The van der Waals surface area contributed by atoms with E-state index >= 15 is 0 Å². The van der Waals surface area contributed by atoms with E-state index in [-0.39, 0.29) is 0 Å². The highest BCUT2D eigenvalue weighted by Crippen LogP contribution is 2.22. The third-order valence-electron chi connectivity index (χ3n) is 2.26. The topological polar surface area (TPSA) is 96.1 Å². The predicted octanol–water partition coefficient (Wildman–Crippen LogP) is 0.718. The molecule has 5 heteroatoms. The summed E-state index contributed by atoms with van der Waals surface area (Å²) in [5.41, 5.74) is 12.5. The fourth-order valence-corrected chi connectivity index (χ4v) is 1.41. The zero-order valence-corrected chi connectivity index (χ0v) is 9.10. The van der Waals surface area contributed by atoms with Gasteiger partial charge in [-0.25, -0.2) is 0 Å². The van der Waals surface area contributed by atoms with E-state index in [4.69, 9.17) is 16.7 Å². The van der Waals surface area contributed by atoms with E-state index < -0.39 is 5.91 Å². The maximum absolute atomic E-state index is 11.2. The number of nitrogen functional groups attached to an aromatic ring is 1. The van der Waals surface area contributed by atoms with Crippen LogP contribution in [0.2, 0.25) is 0 Å². The van der Waals surface area contributed by atoms with Crippen molar-refractivity contribution >= 4 is 17.3 Å². The van der Waals surface area contributed by atoms with Crippen molar-refractivity contribution in [3.63, 3.8) is 0 Å². The number of nitriles is 1. The minimum atomic E-state index is -0.501. The van der Waals surface area contributed by atoms with Gasteiger partial charge in [0.25, 0.3) is 5.91 Å². The molecule has 1 rings (SSSR count). The minimum absolute atomic E-state index is 0.378. The van der Waals surface area contributed by atoms with Crippen LogP contribution >= 0.6 is 0 Å². The largest absolute Gasteiger partial charge is 0.399 e. The molecule has 16 heavy (non-hydrogen) atoms. The number of primary amides is 1. The number of carbonyl (C=O) groups is 1. The van der Waals surface area contributed by atoms with Crippen molar-refractivity contribution in [2.45, 2.75) is 6.42 Å². The van der Waals surface area contributed by atoms with Gasteiger partial charge >= 0.3 is 0 Å². The molecule has 0 aliphatic heterocycles. The number of nitrogens with two attached hydrogens (primary N) is 2. The third-order valence-corrected chi connectivity index (χ3v) is 2.26. The van der Waals surface area contributed by atoms with Gasteiger partial charge in [-0.3, -0.25) is 4.79 Å². The molecule has 0 unspecified atom stereocenters. The molecule has 1 aromatic rings. The Morgan fingerprint density at radius 2 is 2.25 bits per heavy atom. The van der Waals surface area contributed by atoms with Gasteiger partial charge < -0.3 is 16.4 Å². The molecular formula is C11H14N4O. The smallest absolute Gasteiger partial charge is 0.250 e. The molecule has 0 saturated heterocycles. The van der Waals surface area contributed by atoms with E-state index in [0.717, 1.165) is 0 Å². The third kappa shape index (κ3) is 2.64. The molecule has 1 aromatic carbocycles. The lowest BCUT2D eigenvalue weighted by Crippen LogP contribution is -2.23. The van der Waals surface area contributed by atoms with Crippen LogP contribution in [0, 0.1) is 11.3 Å².